The minimum Gasteiger partial charge on any atom is -0.508 e. The quantitative estimate of drug-likeness (QED) is 0.760. The third-order valence-corrected chi connectivity index (χ3v) is 4.81. The third-order valence-electron chi connectivity index (χ3n) is 4.81. The van der Waals surface area contributed by atoms with E-state index in [9.17, 15) is 9.90 Å². The Kier molecular flexibility index (Phi) is 3.96. The maximum atomic E-state index is 12.8. The van der Waals surface area contributed by atoms with Gasteiger partial charge in [0, 0.05) is 17.7 Å². The zero-order valence-corrected chi connectivity index (χ0v) is 14.8. The molecule has 1 aliphatic heterocycles. The van der Waals surface area contributed by atoms with Gasteiger partial charge >= 0.3 is 0 Å². The van der Waals surface area contributed by atoms with Crippen molar-refractivity contribution in [2.75, 3.05) is 11.4 Å². The molecule has 1 aliphatic rings. The van der Waals surface area contributed by atoms with Crippen LogP contribution in [0.3, 0.4) is 0 Å². The van der Waals surface area contributed by atoms with Crippen LogP contribution >= 0.6 is 0 Å². The first kappa shape index (κ1) is 16.3. The molecule has 0 saturated heterocycles. The molecule has 0 spiro atoms. The summed E-state index contributed by atoms with van der Waals surface area (Å²) in [4.78, 5) is 19.2. The van der Waals surface area contributed by atoms with E-state index in [1.807, 2.05) is 32.0 Å². The highest BCUT2D eigenvalue weighted by atomic mass is 16.3. The predicted molar refractivity (Wildman–Crippen MR) is 105 cm³/mol. The normalized spacial score (nSPS) is 17.0. The smallest absolute Gasteiger partial charge is 0.251 e. The second-order valence-electron chi connectivity index (χ2n) is 6.50. The number of amides is 1. The van der Waals surface area contributed by atoms with Crippen LogP contribution in [0.25, 0.3) is 10.8 Å². The number of likely N-dealkylation sites (N-methyl/N-ethyl adjacent to an activating group) is 1. The molecule has 0 saturated carbocycles. The van der Waals surface area contributed by atoms with E-state index in [-0.39, 0.29) is 11.7 Å². The monoisotopic (exact) mass is 344 g/mol. The van der Waals surface area contributed by atoms with Gasteiger partial charge in [0.2, 0.25) is 0 Å². The summed E-state index contributed by atoms with van der Waals surface area (Å²) in [7, 11) is 0. The number of rotatable bonds is 2. The summed E-state index contributed by atoms with van der Waals surface area (Å²) < 4.78 is 0. The van der Waals surface area contributed by atoms with Crippen LogP contribution in [0.15, 0.2) is 65.7 Å². The number of hydrogen-bond acceptors (Lipinski definition) is 3. The van der Waals surface area contributed by atoms with Crippen molar-refractivity contribution in [3.8, 4) is 5.75 Å². The standard InChI is InChI=1S/C22H20N2O2/c1-3-24-20-11-10-18(25)13-19(20)21(23-14(2)22(24)26)17-9-8-15-6-4-5-7-16(15)12-17/h4-14,25H,3H2,1-2H3/t14-/m0/s1. The largest absolute Gasteiger partial charge is 0.508 e. The fourth-order valence-electron chi connectivity index (χ4n) is 3.50. The maximum absolute atomic E-state index is 12.8. The Morgan fingerprint density at radius 2 is 1.81 bits per heavy atom. The van der Waals surface area contributed by atoms with Gasteiger partial charge in [-0.1, -0.05) is 36.4 Å². The van der Waals surface area contributed by atoms with Crippen molar-refractivity contribution >= 4 is 28.1 Å². The molecule has 0 aliphatic carbocycles. The minimum atomic E-state index is -0.481. The maximum Gasteiger partial charge on any atom is 0.251 e. The van der Waals surface area contributed by atoms with Crippen LogP contribution in [0, 0.1) is 0 Å². The van der Waals surface area contributed by atoms with Gasteiger partial charge in [-0.3, -0.25) is 9.79 Å². The van der Waals surface area contributed by atoms with Gasteiger partial charge in [0.1, 0.15) is 11.8 Å². The van der Waals surface area contributed by atoms with Crippen LogP contribution in [0.4, 0.5) is 5.69 Å². The molecule has 0 radical (unpaired) electrons. The first-order chi connectivity index (χ1) is 12.6. The number of carbonyl (C=O) groups excluding carboxylic acids is 1. The summed E-state index contributed by atoms with van der Waals surface area (Å²) >= 11 is 0. The number of aromatic hydroxyl groups is 1. The summed E-state index contributed by atoms with van der Waals surface area (Å²) in [5.41, 5.74) is 3.23. The number of benzene rings is 3. The van der Waals surface area contributed by atoms with E-state index < -0.39 is 6.04 Å². The fraction of sp³-hybridized carbons (Fsp3) is 0.182. The number of phenolic OH excluding ortho intramolecular Hbond substituents is 1. The first-order valence-corrected chi connectivity index (χ1v) is 8.80. The van der Waals surface area contributed by atoms with E-state index in [2.05, 4.69) is 24.3 Å². The summed E-state index contributed by atoms with van der Waals surface area (Å²) in [6.45, 7) is 4.32. The second kappa shape index (κ2) is 6.30. The molecular weight excluding hydrogens is 324 g/mol. The molecule has 3 aromatic carbocycles. The van der Waals surface area contributed by atoms with Gasteiger partial charge in [0.05, 0.1) is 11.4 Å². The van der Waals surface area contributed by atoms with Gasteiger partial charge < -0.3 is 10.0 Å². The summed E-state index contributed by atoms with van der Waals surface area (Å²) in [6.07, 6.45) is 0. The van der Waals surface area contributed by atoms with E-state index in [0.29, 0.717) is 6.54 Å². The van der Waals surface area contributed by atoms with Crippen molar-refractivity contribution in [1.29, 1.82) is 0 Å². The Morgan fingerprint density at radius 1 is 1.04 bits per heavy atom. The van der Waals surface area contributed by atoms with Crippen LogP contribution in [0.1, 0.15) is 25.0 Å². The highest BCUT2D eigenvalue weighted by molar-refractivity contribution is 6.21. The summed E-state index contributed by atoms with van der Waals surface area (Å²) in [5.74, 6) is 0.130. The number of nitrogens with zero attached hydrogens (tertiary/aromatic N) is 2. The summed E-state index contributed by atoms with van der Waals surface area (Å²) in [5, 5.41) is 12.3. The topological polar surface area (TPSA) is 52.9 Å². The van der Waals surface area contributed by atoms with Crippen molar-refractivity contribution < 1.29 is 9.90 Å². The van der Waals surface area contributed by atoms with Crippen molar-refractivity contribution in [3.63, 3.8) is 0 Å². The minimum absolute atomic E-state index is 0.0322. The van der Waals surface area contributed by atoms with Gasteiger partial charge in [-0.2, -0.15) is 0 Å². The average Bonchev–Trinajstić information content (AvgIpc) is 2.76. The second-order valence-corrected chi connectivity index (χ2v) is 6.50. The van der Waals surface area contributed by atoms with Crippen LogP contribution in [0.2, 0.25) is 0 Å². The lowest BCUT2D eigenvalue weighted by atomic mass is 9.97. The molecule has 0 unspecified atom stereocenters. The Labute approximate surface area is 152 Å². The number of phenols is 1. The number of fused-ring (bicyclic) bond motifs is 2. The van der Waals surface area contributed by atoms with Crippen LogP contribution in [0.5, 0.6) is 5.75 Å². The van der Waals surface area contributed by atoms with Crippen molar-refractivity contribution in [2.45, 2.75) is 19.9 Å². The molecule has 4 rings (SSSR count). The Bertz CT molecular complexity index is 1040. The zero-order chi connectivity index (χ0) is 18.3. The molecule has 3 aromatic rings. The lowest BCUT2D eigenvalue weighted by Crippen LogP contribution is -2.36. The van der Waals surface area contributed by atoms with Gasteiger partial charge in [0.15, 0.2) is 0 Å². The predicted octanol–water partition coefficient (Wildman–Crippen LogP) is 4.14. The molecule has 1 atom stereocenters. The molecule has 0 aromatic heterocycles. The van der Waals surface area contributed by atoms with Gasteiger partial charge in [0.25, 0.3) is 5.91 Å². The molecule has 130 valence electrons. The highest BCUT2D eigenvalue weighted by Crippen LogP contribution is 2.32. The molecule has 0 bridgehead atoms. The Balaban J connectivity index is 1.97. The van der Waals surface area contributed by atoms with E-state index in [0.717, 1.165) is 33.3 Å². The Morgan fingerprint density at radius 3 is 2.58 bits per heavy atom. The van der Waals surface area contributed by atoms with Crippen LogP contribution < -0.4 is 4.90 Å². The number of anilines is 1. The van der Waals surface area contributed by atoms with E-state index in [4.69, 9.17) is 4.99 Å². The van der Waals surface area contributed by atoms with Crippen LogP contribution in [-0.2, 0) is 4.79 Å². The number of benzodiazepines with no additional fused rings is 1. The van der Waals surface area contributed by atoms with Gasteiger partial charge in [-0.05, 0) is 48.9 Å². The van der Waals surface area contributed by atoms with E-state index >= 15 is 0 Å². The van der Waals surface area contributed by atoms with E-state index in [1.165, 1.54) is 0 Å². The van der Waals surface area contributed by atoms with Gasteiger partial charge in [-0.25, -0.2) is 0 Å². The summed E-state index contributed by atoms with van der Waals surface area (Å²) in [6, 6.07) is 18.9. The van der Waals surface area contributed by atoms with Crippen molar-refractivity contribution in [2.24, 2.45) is 4.99 Å². The SMILES string of the molecule is CCN1C(=O)[C@H](C)N=C(c2ccc3ccccc3c2)c2cc(O)ccc21. The van der Waals surface area contributed by atoms with Gasteiger partial charge in [-0.15, -0.1) is 0 Å². The lowest BCUT2D eigenvalue weighted by molar-refractivity contribution is -0.119. The number of aliphatic imine (C=N–C) groups is 1. The zero-order valence-electron chi connectivity index (χ0n) is 14.8. The molecule has 1 N–H and O–H groups in total. The fourth-order valence-corrected chi connectivity index (χ4v) is 3.50. The molecule has 0 fully saturated rings. The average molecular weight is 344 g/mol. The van der Waals surface area contributed by atoms with Crippen molar-refractivity contribution in [1.82, 2.24) is 0 Å². The third kappa shape index (κ3) is 2.64. The molecule has 4 nitrogen and oxygen atoms in total. The highest BCUT2D eigenvalue weighted by Gasteiger charge is 2.28. The van der Waals surface area contributed by atoms with Crippen LogP contribution in [-0.4, -0.2) is 29.3 Å². The molecular formula is C22H20N2O2. The molecule has 26 heavy (non-hydrogen) atoms. The number of hydrogen-bond donors (Lipinski definition) is 1. The van der Waals surface area contributed by atoms with E-state index in [1.54, 1.807) is 23.1 Å². The van der Waals surface area contributed by atoms with Crippen molar-refractivity contribution in [3.05, 3.63) is 71.8 Å². The molecule has 1 heterocycles. The number of carbonyl (C=O) groups is 1. The Hall–Kier alpha value is -3.14. The molecule has 4 heteroatoms. The molecule has 1 amide bonds. The lowest BCUT2D eigenvalue weighted by Gasteiger charge is -2.22. The first-order valence-electron chi connectivity index (χ1n) is 8.80.